The third kappa shape index (κ3) is 6.08. The molecular weight excluding hydrogens is 366 g/mol. The zero-order valence-electron chi connectivity index (χ0n) is 15.5. The van der Waals surface area contributed by atoms with Crippen LogP contribution in [0.4, 0.5) is 0 Å². The van der Waals surface area contributed by atoms with E-state index >= 15 is 0 Å². The second-order valence-corrected chi connectivity index (χ2v) is 7.87. The number of sulfonamides is 1. The third-order valence-corrected chi connectivity index (χ3v) is 5.30. The number of carbonyl (C=O) groups excluding carboxylic acids is 1. The number of esters is 1. The first kappa shape index (κ1) is 20.9. The van der Waals surface area contributed by atoms with Crippen LogP contribution in [0.2, 0.25) is 0 Å². The van der Waals surface area contributed by atoms with Crippen LogP contribution >= 0.6 is 0 Å². The summed E-state index contributed by atoms with van der Waals surface area (Å²) in [5.74, 6) is 0.0422. The highest BCUT2D eigenvalue weighted by Gasteiger charge is 2.27. The van der Waals surface area contributed by atoms with Crippen LogP contribution in [-0.4, -0.2) is 27.6 Å². The highest BCUT2D eigenvalue weighted by Crippen LogP contribution is 2.28. The number of rotatable bonds is 9. The quantitative estimate of drug-likeness (QED) is 0.523. The van der Waals surface area contributed by atoms with Crippen LogP contribution in [0.3, 0.4) is 0 Å². The molecule has 0 aliphatic carbocycles. The van der Waals surface area contributed by atoms with E-state index in [1.54, 1.807) is 0 Å². The smallest absolute Gasteiger partial charge is 0.313 e. The van der Waals surface area contributed by atoms with Crippen LogP contribution in [0, 0.1) is 5.92 Å². The molecular formula is C20H25NO5S. The summed E-state index contributed by atoms with van der Waals surface area (Å²) in [4.78, 5) is 12.6. The minimum absolute atomic E-state index is 0.0144. The van der Waals surface area contributed by atoms with Crippen molar-refractivity contribution >= 4 is 16.0 Å². The van der Waals surface area contributed by atoms with E-state index in [0.717, 1.165) is 12.0 Å². The molecule has 2 rings (SSSR count). The van der Waals surface area contributed by atoms with Gasteiger partial charge in [-0.1, -0.05) is 50.6 Å². The van der Waals surface area contributed by atoms with E-state index in [1.807, 2.05) is 44.2 Å². The highest BCUT2D eigenvalue weighted by molar-refractivity contribution is 7.89. The van der Waals surface area contributed by atoms with Gasteiger partial charge in [-0.2, -0.15) is 0 Å². The molecule has 27 heavy (non-hydrogen) atoms. The van der Waals surface area contributed by atoms with Crippen molar-refractivity contribution in [2.24, 2.45) is 11.1 Å². The Morgan fingerprint density at radius 1 is 1.04 bits per heavy atom. The summed E-state index contributed by atoms with van der Waals surface area (Å²) >= 11 is 0. The van der Waals surface area contributed by atoms with Crippen molar-refractivity contribution in [2.75, 3.05) is 13.2 Å². The second-order valence-electron chi connectivity index (χ2n) is 6.31. The van der Waals surface area contributed by atoms with E-state index in [4.69, 9.17) is 14.6 Å². The van der Waals surface area contributed by atoms with Gasteiger partial charge in [0, 0.05) is 0 Å². The molecule has 2 atom stereocenters. The Balaban J connectivity index is 1.89. The Morgan fingerprint density at radius 2 is 1.67 bits per heavy atom. The van der Waals surface area contributed by atoms with Gasteiger partial charge in [0.25, 0.3) is 0 Å². The van der Waals surface area contributed by atoms with Gasteiger partial charge >= 0.3 is 5.97 Å². The fraction of sp³-hybridized carbons (Fsp3) is 0.350. The lowest BCUT2D eigenvalue weighted by atomic mass is 9.86. The molecule has 0 amide bonds. The Morgan fingerprint density at radius 3 is 2.22 bits per heavy atom. The molecule has 2 aromatic rings. The fourth-order valence-corrected chi connectivity index (χ4v) is 3.23. The Kier molecular flexibility index (Phi) is 7.38. The SMILES string of the molecule is CC[C@@H](C)[C@@H](C(=O)OCCOc1ccc(S(N)(=O)=O)cc1)c1ccccc1. The van der Waals surface area contributed by atoms with Crippen LogP contribution in [-0.2, 0) is 19.6 Å². The molecule has 0 aliphatic rings. The molecule has 0 heterocycles. The highest BCUT2D eigenvalue weighted by atomic mass is 32.2. The molecule has 0 saturated heterocycles. The van der Waals surface area contributed by atoms with E-state index in [-0.39, 0.29) is 35.9 Å². The van der Waals surface area contributed by atoms with Crippen molar-refractivity contribution in [3.8, 4) is 5.75 Å². The maximum absolute atomic E-state index is 12.6. The largest absolute Gasteiger partial charge is 0.490 e. The zero-order valence-corrected chi connectivity index (χ0v) is 16.3. The summed E-state index contributed by atoms with van der Waals surface area (Å²) in [6.07, 6.45) is 0.863. The first-order valence-corrected chi connectivity index (χ1v) is 10.3. The van der Waals surface area contributed by atoms with E-state index in [1.165, 1.54) is 24.3 Å². The minimum Gasteiger partial charge on any atom is -0.490 e. The summed E-state index contributed by atoms with van der Waals surface area (Å²) < 4.78 is 33.3. The fourth-order valence-electron chi connectivity index (χ4n) is 2.71. The van der Waals surface area contributed by atoms with Crippen LogP contribution in [0.15, 0.2) is 59.5 Å². The summed E-state index contributed by atoms with van der Waals surface area (Å²) in [5.41, 5.74) is 0.941. The number of nitrogens with two attached hydrogens (primary N) is 1. The Labute approximate surface area is 160 Å². The molecule has 7 heteroatoms. The van der Waals surface area contributed by atoms with Crippen molar-refractivity contribution in [3.63, 3.8) is 0 Å². The molecule has 0 bridgehead atoms. The van der Waals surface area contributed by atoms with Crippen molar-refractivity contribution in [2.45, 2.75) is 31.1 Å². The zero-order chi connectivity index (χ0) is 19.9. The van der Waals surface area contributed by atoms with Gasteiger partial charge in [0.05, 0.1) is 10.8 Å². The number of ether oxygens (including phenoxy) is 2. The maximum atomic E-state index is 12.6. The number of hydrogen-bond acceptors (Lipinski definition) is 5. The average molecular weight is 391 g/mol. The monoisotopic (exact) mass is 391 g/mol. The molecule has 0 spiro atoms. The summed E-state index contributed by atoms with van der Waals surface area (Å²) in [5, 5.41) is 5.05. The molecule has 0 aromatic heterocycles. The lowest BCUT2D eigenvalue weighted by molar-refractivity contribution is -0.147. The predicted molar refractivity (Wildman–Crippen MR) is 103 cm³/mol. The second kappa shape index (κ2) is 9.53. The first-order valence-electron chi connectivity index (χ1n) is 8.80. The summed E-state index contributed by atoms with van der Waals surface area (Å²) in [7, 11) is -3.73. The van der Waals surface area contributed by atoms with E-state index < -0.39 is 10.0 Å². The van der Waals surface area contributed by atoms with Gasteiger partial charge in [-0.15, -0.1) is 0 Å². The molecule has 0 unspecified atom stereocenters. The van der Waals surface area contributed by atoms with Crippen LogP contribution in [0.5, 0.6) is 5.75 Å². The lowest BCUT2D eigenvalue weighted by Crippen LogP contribution is -2.24. The standard InChI is InChI=1S/C20H25NO5S/c1-3-15(2)19(16-7-5-4-6-8-16)20(22)26-14-13-25-17-9-11-18(12-10-17)27(21,23)24/h4-12,15,19H,3,13-14H2,1-2H3,(H2,21,23,24)/t15-,19-/m1/s1. The predicted octanol–water partition coefficient (Wildman–Crippen LogP) is 3.09. The van der Waals surface area contributed by atoms with Crippen molar-refractivity contribution < 1.29 is 22.7 Å². The van der Waals surface area contributed by atoms with E-state index in [0.29, 0.717) is 5.75 Å². The molecule has 6 nitrogen and oxygen atoms in total. The lowest BCUT2D eigenvalue weighted by Gasteiger charge is -2.22. The van der Waals surface area contributed by atoms with E-state index in [9.17, 15) is 13.2 Å². The van der Waals surface area contributed by atoms with Gasteiger partial charge in [0.2, 0.25) is 10.0 Å². The Bertz CT molecular complexity index is 834. The summed E-state index contributed by atoms with van der Waals surface area (Å²) in [6.45, 7) is 4.35. The Hall–Kier alpha value is -2.38. The molecule has 0 fully saturated rings. The van der Waals surface area contributed by atoms with Crippen LogP contribution in [0.1, 0.15) is 31.7 Å². The van der Waals surface area contributed by atoms with Gasteiger partial charge in [-0.05, 0) is 35.7 Å². The molecule has 0 aliphatic heterocycles. The third-order valence-electron chi connectivity index (χ3n) is 4.37. The molecule has 2 N–H and O–H groups in total. The van der Waals surface area contributed by atoms with Crippen LogP contribution < -0.4 is 9.88 Å². The van der Waals surface area contributed by atoms with Gasteiger partial charge in [-0.3, -0.25) is 4.79 Å². The first-order chi connectivity index (χ1) is 12.8. The van der Waals surface area contributed by atoms with Gasteiger partial charge < -0.3 is 9.47 Å². The topological polar surface area (TPSA) is 95.7 Å². The molecule has 2 aromatic carbocycles. The maximum Gasteiger partial charge on any atom is 0.313 e. The molecule has 0 radical (unpaired) electrons. The van der Waals surface area contributed by atoms with Gasteiger partial charge in [-0.25, -0.2) is 13.6 Å². The van der Waals surface area contributed by atoms with Crippen LogP contribution in [0.25, 0.3) is 0 Å². The molecule has 0 saturated carbocycles. The number of carbonyl (C=O) groups is 1. The van der Waals surface area contributed by atoms with Crippen molar-refractivity contribution in [3.05, 3.63) is 60.2 Å². The number of primary sulfonamides is 1. The normalized spacial score (nSPS) is 13.6. The van der Waals surface area contributed by atoms with Crippen molar-refractivity contribution in [1.82, 2.24) is 0 Å². The van der Waals surface area contributed by atoms with Crippen molar-refractivity contribution in [1.29, 1.82) is 0 Å². The molecule has 146 valence electrons. The average Bonchev–Trinajstić information content (AvgIpc) is 2.66. The number of benzene rings is 2. The van der Waals surface area contributed by atoms with Gasteiger partial charge in [0.15, 0.2) is 0 Å². The minimum atomic E-state index is -3.73. The summed E-state index contributed by atoms with van der Waals surface area (Å²) in [6, 6.07) is 15.3. The number of hydrogen-bond donors (Lipinski definition) is 1. The van der Waals surface area contributed by atoms with Gasteiger partial charge in [0.1, 0.15) is 19.0 Å². The van der Waals surface area contributed by atoms with E-state index in [2.05, 4.69) is 0 Å².